The molecule has 2 heterocycles. The van der Waals surface area contributed by atoms with E-state index in [0.29, 0.717) is 82.1 Å². The molecule has 0 radical (unpaired) electrons. The number of carbonyl (C=O) groups is 1. The van der Waals surface area contributed by atoms with Crippen LogP contribution in [0, 0.1) is 0 Å². The number of fused-ring (bicyclic) bond motifs is 2. The Kier molecular flexibility index (Phi) is 6.34. The van der Waals surface area contributed by atoms with Crippen LogP contribution in [0.3, 0.4) is 0 Å². The van der Waals surface area contributed by atoms with E-state index in [4.69, 9.17) is 28.4 Å². The van der Waals surface area contributed by atoms with Crippen LogP contribution in [-0.2, 0) is 14.2 Å². The van der Waals surface area contributed by atoms with Gasteiger partial charge in [0, 0.05) is 6.07 Å². The Balaban J connectivity index is 1.78. The molecule has 144 valence electrons. The van der Waals surface area contributed by atoms with E-state index < -0.39 is 5.60 Å². The molecule has 0 atom stereocenters. The van der Waals surface area contributed by atoms with E-state index in [0.717, 1.165) is 0 Å². The predicted octanol–water partition coefficient (Wildman–Crippen LogP) is 2.25. The molecule has 0 amide bonds. The van der Waals surface area contributed by atoms with Gasteiger partial charge in [-0.3, -0.25) is 4.79 Å². The minimum atomic E-state index is -0.532. The van der Waals surface area contributed by atoms with Crippen LogP contribution in [0.15, 0.2) is 12.1 Å². The summed E-state index contributed by atoms with van der Waals surface area (Å²) in [7, 11) is 0. The van der Waals surface area contributed by atoms with Crippen LogP contribution in [0.25, 0.3) is 0 Å². The summed E-state index contributed by atoms with van der Waals surface area (Å²) in [5.74, 6) is 1.60. The molecule has 0 aromatic heterocycles. The summed E-state index contributed by atoms with van der Waals surface area (Å²) < 4.78 is 33.9. The number of hydrogen-bond donors (Lipinski definition) is 0. The highest BCUT2D eigenvalue weighted by Crippen LogP contribution is 2.40. The highest BCUT2D eigenvalue weighted by Gasteiger charge is 2.33. The summed E-state index contributed by atoms with van der Waals surface area (Å²) in [6, 6.07) is 3.43. The Hall–Kier alpha value is -1.83. The van der Waals surface area contributed by atoms with Crippen molar-refractivity contribution in [3.05, 3.63) is 17.7 Å². The van der Waals surface area contributed by atoms with E-state index in [1.54, 1.807) is 12.1 Å². The summed E-state index contributed by atoms with van der Waals surface area (Å²) in [5, 5.41) is 0. The minimum Gasteiger partial charge on any atom is -0.487 e. The molecule has 2 aliphatic heterocycles. The Bertz CT molecular complexity index is 627. The summed E-state index contributed by atoms with van der Waals surface area (Å²) in [6.45, 7) is 7.41. The first-order valence-electron chi connectivity index (χ1n) is 8.94. The van der Waals surface area contributed by atoms with Crippen molar-refractivity contribution >= 4 is 5.78 Å². The fourth-order valence-corrected chi connectivity index (χ4v) is 2.85. The molecular formula is C19H26O7. The molecule has 0 unspecified atom stereocenters. The van der Waals surface area contributed by atoms with Gasteiger partial charge >= 0.3 is 0 Å². The van der Waals surface area contributed by atoms with Crippen molar-refractivity contribution in [1.29, 1.82) is 0 Å². The lowest BCUT2D eigenvalue weighted by molar-refractivity contribution is 0.00707. The lowest BCUT2D eigenvalue weighted by Crippen LogP contribution is -2.35. The topological polar surface area (TPSA) is 72.5 Å². The molecule has 3 rings (SSSR count). The second-order valence-electron chi connectivity index (χ2n) is 6.79. The molecule has 0 bridgehead atoms. The van der Waals surface area contributed by atoms with Crippen molar-refractivity contribution in [3.8, 4) is 17.2 Å². The molecule has 1 aromatic carbocycles. The molecule has 0 N–H and O–H groups in total. The largest absolute Gasteiger partial charge is 0.487 e. The zero-order chi connectivity index (χ0) is 18.4. The second kappa shape index (κ2) is 8.70. The molecular weight excluding hydrogens is 340 g/mol. The van der Waals surface area contributed by atoms with Gasteiger partial charge in [0.05, 0.1) is 51.6 Å². The average Bonchev–Trinajstić information content (AvgIpc) is 2.58. The van der Waals surface area contributed by atoms with E-state index in [2.05, 4.69) is 0 Å². The molecule has 0 fully saturated rings. The summed E-state index contributed by atoms with van der Waals surface area (Å²) in [5.41, 5.74) is -0.00852. The lowest BCUT2D eigenvalue weighted by atomic mass is 9.93. The third-order valence-electron chi connectivity index (χ3n) is 4.03. The molecule has 0 aliphatic carbocycles. The molecule has 0 saturated heterocycles. The molecule has 0 spiro atoms. The highest BCUT2D eigenvalue weighted by molar-refractivity contribution is 6.01. The third-order valence-corrected chi connectivity index (χ3v) is 4.03. The van der Waals surface area contributed by atoms with Crippen molar-refractivity contribution < 1.29 is 33.2 Å². The molecule has 26 heavy (non-hydrogen) atoms. The van der Waals surface area contributed by atoms with Crippen molar-refractivity contribution in [2.75, 3.05) is 52.9 Å². The number of ketones is 1. The average molecular weight is 366 g/mol. The van der Waals surface area contributed by atoms with Gasteiger partial charge in [-0.2, -0.15) is 0 Å². The smallest absolute Gasteiger partial charge is 0.170 e. The van der Waals surface area contributed by atoms with Gasteiger partial charge in [0.2, 0.25) is 0 Å². The maximum absolute atomic E-state index is 12.5. The minimum absolute atomic E-state index is 0.0373. The van der Waals surface area contributed by atoms with Gasteiger partial charge in [0.15, 0.2) is 17.3 Å². The number of Topliss-reactive ketones (excluding diaryl/α,β-unsaturated/α-hetero) is 1. The zero-order valence-corrected chi connectivity index (χ0v) is 15.4. The van der Waals surface area contributed by atoms with E-state index in [1.807, 2.05) is 13.8 Å². The SMILES string of the molecule is CC1(C)CC(=O)c2cc3c(cc2O1)OCCOCCOCCOCCO3. The van der Waals surface area contributed by atoms with Crippen LogP contribution in [0.5, 0.6) is 17.2 Å². The van der Waals surface area contributed by atoms with Crippen molar-refractivity contribution in [2.24, 2.45) is 0 Å². The normalized spacial score (nSPS) is 21.7. The molecule has 7 nitrogen and oxygen atoms in total. The molecule has 7 heteroatoms. The van der Waals surface area contributed by atoms with Crippen LogP contribution in [0.2, 0.25) is 0 Å². The van der Waals surface area contributed by atoms with Crippen molar-refractivity contribution in [2.45, 2.75) is 25.9 Å². The fraction of sp³-hybridized carbons (Fsp3) is 0.632. The number of benzene rings is 1. The van der Waals surface area contributed by atoms with Gasteiger partial charge in [0.25, 0.3) is 0 Å². The van der Waals surface area contributed by atoms with Crippen LogP contribution in [-0.4, -0.2) is 64.2 Å². The summed E-state index contributed by atoms with van der Waals surface area (Å²) in [4.78, 5) is 12.5. The van der Waals surface area contributed by atoms with Gasteiger partial charge in [-0.15, -0.1) is 0 Å². The van der Waals surface area contributed by atoms with Crippen LogP contribution in [0.4, 0.5) is 0 Å². The molecule has 1 aromatic rings. The van der Waals surface area contributed by atoms with Gasteiger partial charge in [-0.1, -0.05) is 0 Å². The van der Waals surface area contributed by atoms with E-state index in [1.165, 1.54) is 0 Å². The Morgan fingerprint density at radius 1 is 0.731 bits per heavy atom. The maximum Gasteiger partial charge on any atom is 0.170 e. The highest BCUT2D eigenvalue weighted by atomic mass is 16.6. The van der Waals surface area contributed by atoms with Gasteiger partial charge in [0.1, 0.15) is 24.6 Å². The number of ether oxygens (including phenoxy) is 6. The predicted molar refractivity (Wildman–Crippen MR) is 93.5 cm³/mol. The number of rotatable bonds is 0. The summed E-state index contributed by atoms with van der Waals surface area (Å²) >= 11 is 0. The van der Waals surface area contributed by atoms with Gasteiger partial charge < -0.3 is 28.4 Å². The van der Waals surface area contributed by atoms with E-state index in [9.17, 15) is 4.79 Å². The number of carbonyl (C=O) groups excluding carboxylic acids is 1. The van der Waals surface area contributed by atoms with E-state index >= 15 is 0 Å². The molecule has 0 saturated carbocycles. The summed E-state index contributed by atoms with van der Waals surface area (Å²) in [6.07, 6.45) is 0.330. The first-order chi connectivity index (χ1) is 12.6. The van der Waals surface area contributed by atoms with E-state index in [-0.39, 0.29) is 5.78 Å². The van der Waals surface area contributed by atoms with Gasteiger partial charge in [-0.25, -0.2) is 0 Å². The van der Waals surface area contributed by atoms with Crippen molar-refractivity contribution in [1.82, 2.24) is 0 Å². The Morgan fingerprint density at radius 3 is 1.81 bits per heavy atom. The molecule has 2 aliphatic rings. The van der Waals surface area contributed by atoms with Crippen LogP contribution in [0.1, 0.15) is 30.6 Å². The van der Waals surface area contributed by atoms with Crippen LogP contribution < -0.4 is 14.2 Å². The standard InChI is InChI=1S/C19H26O7/c1-19(2)13-15(20)14-11-17-18(12-16(14)26-19)25-10-8-23-6-4-21-3-5-22-7-9-24-17/h11-12H,3-10,13H2,1-2H3. The quantitative estimate of drug-likeness (QED) is 0.697. The Labute approximate surface area is 153 Å². The maximum atomic E-state index is 12.5. The second-order valence-corrected chi connectivity index (χ2v) is 6.79. The number of hydrogen-bond acceptors (Lipinski definition) is 7. The lowest BCUT2D eigenvalue weighted by Gasteiger charge is -2.32. The first kappa shape index (κ1) is 18.9. The fourth-order valence-electron chi connectivity index (χ4n) is 2.85. The monoisotopic (exact) mass is 366 g/mol. The van der Waals surface area contributed by atoms with Gasteiger partial charge in [-0.05, 0) is 19.9 Å². The third kappa shape index (κ3) is 5.09. The van der Waals surface area contributed by atoms with Crippen LogP contribution >= 0.6 is 0 Å². The zero-order valence-electron chi connectivity index (χ0n) is 15.4. The first-order valence-corrected chi connectivity index (χ1v) is 8.94. The Morgan fingerprint density at radius 2 is 1.23 bits per heavy atom. The van der Waals surface area contributed by atoms with Crippen molar-refractivity contribution in [3.63, 3.8) is 0 Å².